The lowest BCUT2D eigenvalue weighted by molar-refractivity contribution is 0.0984. The molecule has 4 aromatic rings. The Bertz CT molecular complexity index is 1130. The lowest BCUT2D eigenvalue weighted by atomic mass is 10.1. The van der Waals surface area contributed by atoms with Gasteiger partial charge in [0.25, 0.3) is 0 Å². The fraction of sp³-hybridized carbons (Fsp3) is 0.400. The summed E-state index contributed by atoms with van der Waals surface area (Å²) < 4.78 is 9.56. The summed E-state index contributed by atoms with van der Waals surface area (Å²) in [6.45, 7) is 8.61. The topological polar surface area (TPSA) is 89.2 Å². The summed E-state index contributed by atoms with van der Waals surface area (Å²) in [6, 6.07) is 6.58. The highest BCUT2D eigenvalue weighted by atomic mass is 16.5. The van der Waals surface area contributed by atoms with Gasteiger partial charge in [0, 0.05) is 30.5 Å². The molecule has 1 unspecified atom stereocenters. The van der Waals surface area contributed by atoms with Crippen LogP contribution in [0, 0.1) is 0 Å². The second-order valence-electron chi connectivity index (χ2n) is 7.64. The third-order valence-corrected chi connectivity index (χ3v) is 5.33. The van der Waals surface area contributed by atoms with Gasteiger partial charge in [0.15, 0.2) is 11.6 Å². The van der Waals surface area contributed by atoms with Gasteiger partial charge >= 0.3 is 0 Å². The summed E-state index contributed by atoms with van der Waals surface area (Å²) >= 11 is 0. The summed E-state index contributed by atoms with van der Waals surface area (Å²) in [6.07, 6.45) is 5.43. The van der Waals surface area contributed by atoms with Crippen LogP contribution in [0.2, 0.25) is 0 Å². The monoisotopic (exact) mass is 392 g/mol. The lowest BCUT2D eigenvalue weighted by Crippen LogP contribution is -2.44. The molecular weight excluding hydrogens is 368 g/mol. The first-order chi connectivity index (χ1) is 14.1. The van der Waals surface area contributed by atoms with Crippen LogP contribution in [-0.4, -0.2) is 60.4 Å². The zero-order valence-corrected chi connectivity index (χ0v) is 16.8. The molecule has 9 heteroatoms. The van der Waals surface area contributed by atoms with E-state index >= 15 is 0 Å². The first kappa shape index (κ1) is 17.9. The van der Waals surface area contributed by atoms with Crippen LogP contribution >= 0.6 is 0 Å². The van der Waals surface area contributed by atoms with Crippen LogP contribution in [-0.2, 0) is 4.74 Å². The molecule has 1 aliphatic heterocycles. The smallest absolute Gasteiger partial charge is 0.179 e. The molecule has 0 amide bonds. The van der Waals surface area contributed by atoms with Crippen LogP contribution in [0.25, 0.3) is 28.3 Å². The van der Waals surface area contributed by atoms with Crippen LogP contribution < -0.4 is 4.90 Å². The van der Waals surface area contributed by atoms with Gasteiger partial charge in [0.05, 0.1) is 36.7 Å². The summed E-state index contributed by atoms with van der Waals surface area (Å²) in [5.41, 5.74) is 3.86. The van der Waals surface area contributed by atoms with E-state index in [1.54, 1.807) is 6.20 Å². The van der Waals surface area contributed by atoms with Crippen molar-refractivity contribution in [3.63, 3.8) is 0 Å². The molecule has 1 atom stereocenters. The molecular formula is C20H24N8O. The Labute approximate surface area is 168 Å². The fourth-order valence-electron chi connectivity index (χ4n) is 3.88. The van der Waals surface area contributed by atoms with Gasteiger partial charge in [-0.1, -0.05) is 0 Å². The van der Waals surface area contributed by atoms with Crippen LogP contribution in [0.4, 0.5) is 5.82 Å². The maximum absolute atomic E-state index is 5.63. The number of H-pyrrole nitrogens is 1. The third-order valence-electron chi connectivity index (χ3n) is 5.33. The highest BCUT2D eigenvalue weighted by molar-refractivity contribution is 5.81. The van der Waals surface area contributed by atoms with E-state index in [-0.39, 0.29) is 12.1 Å². The first-order valence-electron chi connectivity index (χ1n) is 9.90. The second-order valence-corrected chi connectivity index (χ2v) is 7.64. The molecule has 4 aromatic heterocycles. The van der Waals surface area contributed by atoms with E-state index in [0.29, 0.717) is 13.2 Å². The summed E-state index contributed by atoms with van der Waals surface area (Å²) in [4.78, 5) is 6.94. The Hall–Kier alpha value is -3.20. The zero-order valence-electron chi connectivity index (χ0n) is 16.8. The molecule has 29 heavy (non-hydrogen) atoms. The standard InChI is InChI=1S/C20H24N8O/c1-13(2)27-17(5-7-23-27)15-10-19(26-8-9-29-12-14(26)3)25-28-18(15)11-21-20(28)16-4-6-22-24-16/h4-7,10-11,13-14H,8-9,12H2,1-3H3,(H,22,24). The molecule has 0 saturated carbocycles. The van der Waals surface area contributed by atoms with E-state index in [1.807, 2.05) is 33.7 Å². The number of nitrogens with one attached hydrogen (secondary N) is 1. The van der Waals surface area contributed by atoms with Gasteiger partial charge in [-0.2, -0.15) is 10.2 Å². The molecule has 0 spiro atoms. The van der Waals surface area contributed by atoms with E-state index in [0.717, 1.165) is 40.7 Å². The van der Waals surface area contributed by atoms with Gasteiger partial charge in [0.2, 0.25) is 0 Å². The van der Waals surface area contributed by atoms with Crippen LogP contribution in [0.5, 0.6) is 0 Å². The quantitative estimate of drug-likeness (QED) is 0.574. The Morgan fingerprint density at radius 1 is 1.24 bits per heavy atom. The number of anilines is 1. The summed E-state index contributed by atoms with van der Waals surface area (Å²) in [7, 11) is 0. The van der Waals surface area contributed by atoms with Gasteiger partial charge < -0.3 is 9.64 Å². The Balaban J connectivity index is 1.76. The SMILES string of the molecule is CC1COCCN1c1cc(-c2ccnn2C(C)C)c2cnc(-c3ccn[nH]3)n2n1. The van der Waals surface area contributed by atoms with Gasteiger partial charge in [-0.15, -0.1) is 5.10 Å². The van der Waals surface area contributed by atoms with Gasteiger partial charge in [-0.05, 0) is 39.0 Å². The van der Waals surface area contributed by atoms with Gasteiger partial charge in [0.1, 0.15) is 5.69 Å². The number of rotatable bonds is 4. The van der Waals surface area contributed by atoms with Crippen molar-refractivity contribution in [2.24, 2.45) is 0 Å². The highest BCUT2D eigenvalue weighted by Gasteiger charge is 2.24. The normalized spacial score (nSPS) is 17.5. The van der Waals surface area contributed by atoms with E-state index in [4.69, 9.17) is 9.84 Å². The molecule has 5 heterocycles. The molecule has 1 N–H and O–H groups in total. The molecule has 0 aliphatic carbocycles. The van der Waals surface area contributed by atoms with Crippen molar-refractivity contribution in [1.82, 2.24) is 34.6 Å². The lowest BCUT2D eigenvalue weighted by Gasteiger charge is -2.34. The number of hydrogen-bond donors (Lipinski definition) is 1. The van der Waals surface area contributed by atoms with Crippen molar-refractivity contribution in [2.45, 2.75) is 32.9 Å². The molecule has 1 fully saturated rings. The average Bonchev–Trinajstić information content (AvgIpc) is 3.46. The number of morpholine rings is 1. The number of imidazole rings is 1. The molecule has 1 saturated heterocycles. The Morgan fingerprint density at radius 3 is 2.90 bits per heavy atom. The number of aromatic amines is 1. The van der Waals surface area contributed by atoms with E-state index in [2.05, 4.69) is 52.0 Å². The van der Waals surface area contributed by atoms with Crippen molar-refractivity contribution in [3.05, 3.63) is 36.8 Å². The van der Waals surface area contributed by atoms with Crippen LogP contribution in [0.1, 0.15) is 26.8 Å². The maximum atomic E-state index is 5.63. The second kappa shape index (κ2) is 7.00. The highest BCUT2D eigenvalue weighted by Crippen LogP contribution is 2.32. The zero-order chi connectivity index (χ0) is 20.0. The number of ether oxygens (including phenoxy) is 1. The third kappa shape index (κ3) is 2.98. The number of fused-ring (bicyclic) bond motifs is 1. The van der Waals surface area contributed by atoms with Crippen molar-refractivity contribution >= 4 is 11.3 Å². The van der Waals surface area contributed by atoms with Crippen LogP contribution in [0.15, 0.2) is 36.8 Å². The van der Waals surface area contributed by atoms with E-state index in [9.17, 15) is 0 Å². The molecule has 1 aliphatic rings. The predicted octanol–water partition coefficient (Wildman–Crippen LogP) is 2.79. The van der Waals surface area contributed by atoms with E-state index < -0.39 is 0 Å². The number of aromatic nitrogens is 7. The molecule has 0 radical (unpaired) electrons. The van der Waals surface area contributed by atoms with Crippen molar-refractivity contribution in [1.29, 1.82) is 0 Å². The van der Waals surface area contributed by atoms with Gasteiger partial charge in [-0.3, -0.25) is 9.78 Å². The molecule has 0 aromatic carbocycles. The Kier molecular flexibility index (Phi) is 4.31. The first-order valence-corrected chi connectivity index (χ1v) is 9.90. The van der Waals surface area contributed by atoms with Crippen molar-refractivity contribution in [2.75, 3.05) is 24.7 Å². The Morgan fingerprint density at radius 2 is 2.14 bits per heavy atom. The molecule has 5 rings (SSSR count). The van der Waals surface area contributed by atoms with Crippen molar-refractivity contribution in [3.8, 4) is 22.8 Å². The summed E-state index contributed by atoms with van der Waals surface area (Å²) in [5, 5.41) is 16.6. The van der Waals surface area contributed by atoms with Crippen molar-refractivity contribution < 1.29 is 4.74 Å². The maximum Gasteiger partial charge on any atom is 0.179 e. The average molecular weight is 392 g/mol. The predicted molar refractivity (Wildman–Crippen MR) is 110 cm³/mol. The number of nitrogens with zero attached hydrogens (tertiary/aromatic N) is 7. The number of hydrogen-bond acceptors (Lipinski definition) is 6. The fourth-order valence-corrected chi connectivity index (χ4v) is 3.88. The van der Waals surface area contributed by atoms with Crippen LogP contribution in [0.3, 0.4) is 0 Å². The molecule has 150 valence electrons. The minimum absolute atomic E-state index is 0.244. The van der Waals surface area contributed by atoms with Gasteiger partial charge in [-0.25, -0.2) is 9.50 Å². The molecule has 9 nitrogen and oxygen atoms in total. The van der Waals surface area contributed by atoms with E-state index in [1.165, 1.54) is 0 Å². The largest absolute Gasteiger partial charge is 0.377 e. The molecule has 0 bridgehead atoms. The minimum atomic E-state index is 0.244. The summed E-state index contributed by atoms with van der Waals surface area (Å²) in [5.74, 6) is 1.63. The minimum Gasteiger partial charge on any atom is -0.377 e.